The number of para-hydroxylation sites is 1. The third-order valence-electron chi connectivity index (χ3n) is 3.38. The first-order chi connectivity index (χ1) is 10.5. The van der Waals surface area contributed by atoms with E-state index < -0.39 is 10.0 Å². The largest absolute Gasteiger partial charge is 0.460 e. The van der Waals surface area contributed by atoms with Crippen LogP contribution in [0.25, 0.3) is 11.0 Å². The number of hydrogen-bond donors (Lipinski definition) is 0. The summed E-state index contributed by atoms with van der Waals surface area (Å²) in [5.74, 6) is 0.598. The van der Waals surface area contributed by atoms with Crippen LogP contribution in [0.2, 0.25) is 5.02 Å². The zero-order valence-electron chi connectivity index (χ0n) is 11.9. The van der Waals surface area contributed by atoms with Crippen molar-refractivity contribution in [2.75, 3.05) is 7.05 Å². The number of sulfonamides is 1. The molecular formula is C16H14ClNO3S. The lowest BCUT2D eigenvalue weighted by Crippen LogP contribution is -2.26. The van der Waals surface area contributed by atoms with E-state index in [1.54, 1.807) is 12.1 Å². The summed E-state index contributed by atoms with van der Waals surface area (Å²) < 4.78 is 31.9. The fourth-order valence-electron chi connectivity index (χ4n) is 2.21. The van der Waals surface area contributed by atoms with Crippen LogP contribution in [0, 0.1) is 0 Å². The first-order valence-electron chi connectivity index (χ1n) is 6.66. The monoisotopic (exact) mass is 335 g/mol. The van der Waals surface area contributed by atoms with Gasteiger partial charge < -0.3 is 4.42 Å². The predicted molar refractivity (Wildman–Crippen MR) is 86.3 cm³/mol. The zero-order chi connectivity index (χ0) is 15.7. The van der Waals surface area contributed by atoms with Crippen LogP contribution in [0.15, 0.2) is 63.9 Å². The molecule has 0 aliphatic rings. The molecule has 0 saturated heterocycles. The molecule has 22 heavy (non-hydrogen) atoms. The molecule has 0 amide bonds. The van der Waals surface area contributed by atoms with Crippen molar-refractivity contribution in [3.8, 4) is 0 Å². The van der Waals surface area contributed by atoms with E-state index in [0.717, 1.165) is 11.0 Å². The molecule has 4 nitrogen and oxygen atoms in total. The molecular weight excluding hydrogens is 322 g/mol. The van der Waals surface area contributed by atoms with Crippen molar-refractivity contribution >= 4 is 32.6 Å². The smallest absolute Gasteiger partial charge is 0.243 e. The standard InChI is InChI=1S/C16H14ClNO3S/c1-18(22(19,20)15-8-6-13(17)7-9-15)11-14-10-12-4-2-3-5-16(12)21-14/h2-10H,11H2,1H3. The second-order valence-electron chi connectivity index (χ2n) is 4.97. The maximum absolute atomic E-state index is 12.5. The minimum Gasteiger partial charge on any atom is -0.460 e. The SMILES string of the molecule is CN(Cc1cc2ccccc2o1)S(=O)(=O)c1ccc(Cl)cc1. The van der Waals surface area contributed by atoms with Gasteiger partial charge in [-0.1, -0.05) is 29.8 Å². The Labute approximate surface area is 134 Å². The fraction of sp³-hybridized carbons (Fsp3) is 0.125. The van der Waals surface area contributed by atoms with Crippen LogP contribution < -0.4 is 0 Å². The van der Waals surface area contributed by atoms with E-state index in [9.17, 15) is 8.42 Å². The highest BCUT2D eigenvalue weighted by Crippen LogP contribution is 2.23. The van der Waals surface area contributed by atoms with Crippen molar-refractivity contribution < 1.29 is 12.8 Å². The number of fused-ring (bicyclic) bond motifs is 1. The maximum atomic E-state index is 12.5. The van der Waals surface area contributed by atoms with Gasteiger partial charge in [0.05, 0.1) is 11.4 Å². The Morgan fingerprint density at radius 1 is 1.09 bits per heavy atom. The Morgan fingerprint density at radius 3 is 2.45 bits per heavy atom. The van der Waals surface area contributed by atoms with Gasteiger partial charge in [-0.25, -0.2) is 8.42 Å². The first-order valence-corrected chi connectivity index (χ1v) is 8.48. The van der Waals surface area contributed by atoms with Crippen molar-refractivity contribution in [3.05, 3.63) is 65.4 Å². The second kappa shape index (κ2) is 5.76. The molecule has 0 bridgehead atoms. The summed E-state index contributed by atoms with van der Waals surface area (Å²) in [5, 5.41) is 1.45. The quantitative estimate of drug-likeness (QED) is 0.726. The van der Waals surface area contributed by atoms with Gasteiger partial charge in [0, 0.05) is 17.5 Å². The summed E-state index contributed by atoms with van der Waals surface area (Å²) >= 11 is 5.79. The van der Waals surface area contributed by atoms with E-state index >= 15 is 0 Å². The van der Waals surface area contributed by atoms with Crippen LogP contribution >= 0.6 is 11.6 Å². The highest BCUT2D eigenvalue weighted by atomic mass is 35.5. The van der Waals surface area contributed by atoms with Crippen molar-refractivity contribution in [1.29, 1.82) is 0 Å². The second-order valence-corrected chi connectivity index (χ2v) is 7.45. The highest BCUT2D eigenvalue weighted by Gasteiger charge is 2.22. The molecule has 0 spiro atoms. The third-order valence-corrected chi connectivity index (χ3v) is 5.45. The molecule has 6 heteroatoms. The van der Waals surface area contributed by atoms with Gasteiger partial charge in [-0.05, 0) is 36.4 Å². The topological polar surface area (TPSA) is 50.5 Å². The van der Waals surface area contributed by atoms with Crippen LogP contribution in [-0.2, 0) is 16.6 Å². The molecule has 0 aliphatic heterocycles. The number of benzene rings is 2. The summed E-state index contributed by atoms with van der Waals surface area (Å²) in [4.78, 5) is 0.204. The van der Waals surface area contributed by atoms with Gasteiger partial charge in [0.15, 0.2) is 0 Å². The van der Waals surface area contributed by atoms with E-state index in [4.69, 9.17) is 16.0 Å². The van der Waals surface area contributed by atoms with E-state index in [-0.39, 0.29) is 11.4 Å². The molecule has 0 unspecified atom stereocenters. The lowest BCUT2D eigenvalue weighted by atomic mass is 10.2. The van der Waals surface area contributed by atoms with Crippen molar-refractivity contribution in [3.63, 3.8) is 0 Å². The lowest BCUT2D eigenvalue weighted by molar-refractivity contribution is 0.418. The molecule has 2 aromatic carbocycles. The van der Waals surface area contributed by atoms with E-state index in [0.29, 0.717) is 10.8 Å². The fourth-order valence-corrected chi connectivity index (χ4v) is 3.47. The average molecular weight is 336 g/mol. The predicted octanol–water partition coefficient (Wildman–Crippen LogP) is 3.91. The molecule has 0 saturated carbocycles. The van der Waals surface area contributed by atoms with E-state index in [2.05, 4.69) is 0 Å². The van der Waals surface area contributed by atoms with Gasteiger partial charge in [-0.3, -0.25) is 0 Å². The molecule has 3 rings (SSSR count). The molecule has 0 aliphatic carbocycles. The minimum absolute atomic E-state index is 0.166. The maximum Gasteiger partial charge on any atom is 0.243 e. The Bertz CT molecular complexity index is 868. The number of furan rings is 1. The molecule has 1 heterocycles. The van der Waals surface area contributed by atoms with E-state index in [1.807, 2.05) is 30.3 Å². The average Bonchev–Trinajstić information content (AvgIpc) is 2.89. The Balaban J connectivity index is 1.86. The molecule has 0 N–H and O–H groups in total. The first kappa shape index (κ1) is 15.1. The highest BCUT2D eigenvalue weighted by molar-refractivity contribution is 7.89. The summed E-state index contributed by atoms with van der Waals surface area (Å²) in [6, 6.07) is 15.5. The van der Waals surface area contributed by atoms with Crippen LogP contribution in [0.4, 0.5) is 0 Å². The van der Waals surface area contributed by atoms with Gasteiger partial charge in [-0.2, -0.15) is 4.31 Å². The Kier molecular flexibility index (Phi) is 3.95. The number of rotatable bonds is 4. The molecule has 0 fully saturated rings. The third kappa shape index (κ3) is 2.88. The number of nitrogens with zero attached hydrogens (tertiary/aromatic N) is 1. The zero-order valence-corrected chi connectivity index (χ0v) is 13.4. The van der Waals surface area contributed by atoms with Crippen LogP contribution in [-0.4, -0.2) is 19.8 Å². The summed E-state index contributed by atoms with van der Waals surface area (Å²) in [6.07, 6.45) is 0. The summed E-state index contributed by atoms with van der Waals surface area (Å²) in [7, 11) is -2.05. The number of halogens is 1. The van der Waals surface area contributed by atoms with Crippen LogP contribution in [0.5, 0.6) is 0 Å². The van der Waals surface area contributed by atoms with E-state index in [1.165, 1.54) is 23.5 Å². The van der Waals surface area contributed by atoms with Crippen LogP contribution in [0.3, 0.4) is 0 Å². The van der Waals surface area contributed by atoms with Crippen molar-refractivity contribution in [2.45, 2.75) is 11.4 Å². The van der Waals surface area contributed by atoms with Gasteiger partial charge in [-0.15, -0.1) is 0 Å². The lowest BCUT2D eigenvalue weighted by Gasteiger charge is -2.15. The van der Waals surface area contributed by atoms with Gasteiger partial charge >= 0.3 is 0 Å². The van der Waals surface area contributed by atoms with Gasteiger partial charge in [0.25, 0.3) is 0 Å². The Hall–Kier alpha value is -1.82. The summed E-state index contributed by atoms with van der Waals surface area (Å²) in [6.45, 7) is 0.166. The van der Waals surface area contributed by atoms with Crippen molar-refractivity contribution in [2.24, 2.45) is 0 Å². The molecule has 0 radical (unpaired) electrons. The Morgan fingerprint density at radius 2 is 1.77 bits per heavy atom. The van der Waals surface area contributed by atoms with Gasteiger partial charge in [0.1, 0.15) is 11.3 Å². The number of hydrogen-bond acceptors (Lipinski definition) is 3. The van der Waals surface area contributed by atoms with Crippen LogP contribution in [0.1, 0.15) is 5.76 Å². The summed E-state index contributed by atoms with van der Waals surface area (Å²) in [5.41, 5.74) is 0.745. The molecule has 114 valence electrons. The minimum atomic E-state index is -3.58. The molecule has 0 atom stereocenters. The molecule has 1 aromatic heterocycles. The van der Waals surface area contributed by atoms with Crippen molar-refractivity contribution in [1.82, 2.24) is 4.31 Å². The molecule has 3 aromatic rings. The van der Waals surface area contributed by atoms with Gasteiger partial charge in [0.2, 0.25) is 10.0 Å². The normalized spacial score (nSPS) is 12.1.